The molecule has 0 aromatic heterocycles. The van der Waals surface area contributed by atoms with Gasteiger partial charge < -0.3 is 30.9 Å². The molecule has 0 radical (unpaired) electrons. The van der Waals surface area contributed by atoms with Gasteiger partial charge in [-0.3, -0.25) is 4.79 Å². The average Bonchev–Trinajstić information content (AvgIpc) is 3.23. The van der Waals surface area contributed by atoms with Crippen molar-refractivity contribution in [2.75, 3.05) is 0 Å². The van der Waals surface area contributed by atoms with E-state index < -0.39 is 36.1 Å². The third-order valence-electron chi connectivity index (χ3n) is 6.28. The molecule has 0 bridgehead atoms. The molecule has 1 fully saturated rings. The van der Waals surface area contributed by atoms with Gasteiger partial charge >= 0.3 is 0 Å². The Morgan fingerprint density at radius 2 is 1.77 bits per heavy atom. The van der Waals surface area contributed by atoms with Crippen molar-refractivity contribution in [1.29, 1.82) is 0 Å². The molecule has 7 nitrogen and oxygen atoms in total. The molecule has 1 heterocycles. The van der Waals surface area contributed by atoms with E-state index in [0.29, 0.717) is 6.42 Å². The summed E-state index contributed by atoms with van der Waals surface area (Å²) in [4.78, 5) is 12.4. The van der Waals surface area contributed by atoms with Crippen molar-refractivity contribution in [3.63, 3.8) is 0 Å². The first-order chi connectivity index (χ1) is 14.3. The monoisotopic (exact) mass is 407 g/mol. The number of hydrogen-bond acceptors (Lipinski definition) is 6. The van der Waals surface area contributed by atoms with Crippen LogP contribution >= 0.6 is 0 Å². The summed E-state index contributed by atoms with van der Waals surface area (Å²) in [5.74, 6) is -1.06. The largest absolute Gasteiger partial charge is 0.387 e. The van der Waals surface area contributed by atoms with E-state index in [-0.39, 0.29) is 5.57 Å². The van der Waals surface area contributed by atoms with Crippen LogP contribution in [0.4, 0.5) is 0 Å². The van der Waals surface area contributed by atoms with Crippen LogP contribution in [0.1, 0.15) is 11.1 Å². The second-order valence-corrected chi connectivity index (χ2v) is 7.86. The highest BCUT2D eigenvalue weighted by Gasteiger charge is 2.58. The molecule has 5 rings (SSSR count). The normalized spacial score (nSPS) is 32.1. The minimum Gasteiger partial charge on any atom is -0.387 e. The number of carbonyl (C=O) groups is 1. The Morgan fingerprint density at radius 3 is 2.53 bits per heavy atom. The molecule has 7 heteroatoms. The molecule has 1 aliphatic heterocycles. The van der Waals surface area contributed by atoms with Gasteiger partial charge in [-0.2, -0.15) is 0 Å². The second-order valence-electron chi connectivity index (χ2n) is 7.86. The molecule has 2 aromatic rings. The van der Waals surface area contributed by atoms with Crippen LogP contribution in [0.15, 0.2) is 42.0 Å². The lowest BCUT2D eigenvalue weighted by Crippen LogP contribution is -2.69. The highest BCUT2D eigenvalue weighted by molar-refractivity contribution is 5.97. The van der Waals surface area contributed by atoms with Crippen LogP contribution in [-0.4, -0.2) is 56.5 Å². The van der Waals surface area contributed by atoms with E-state index in [4.69, 9.17) is 10.5 Å². The quantitative estimate of drug-likeness (QED) is 0.414. The molecule has 2 aliphatic carbocycles. The number of fused-ring (bicyclic) bond motifs is 5. The Labute approximate surface area is 171 Å². The van der Waals surface area contributed by atoms with E-state index in [9.17, 15) is 25.2 Å². The van der Waals surface area contributed by atoms with Crippen molar-refractivity contribution in [3.8, 4) is 0 Å². The average molecular weight is 407 g/mol. The minimum atomic E-state index is -2.18. The van der Waals surface area contributed by atoms with E-state index in [1.54, 1.807) is 12.2 Å². The number of nitrogens with two attached hydrogens (primary N) is 1. The molecule has 30 heavy (non-hydrogen) atoms. The van der Waals surface area contributed by atoms with E-state index in [2.05, 4.69) is 24.3 Å². The molecule has 1 saturated heterocycles. The van der Waals surface area contributed by atoms with Crippen LogP contribution in [0.5, 0.6) is 0 Å². The number of rotatable bonds is 2. The van der Waals surface area contributed by atoms with Gasteiger partial charge in [0.05, 0.1) is 0 Å². The summed E-state index contributed by atoms with van der Waals surface area (Å²) in [6.45, 7) is 0. The Bertz CT molecular complexity index is 1260. The van der Waals surface area contributed by atoms with E-state index >= 15 is 0 Å². The Hall–Kier alpha value is -2.81. The number of benzene rings is 2. The number of aliphatic hydroxyl groups excluding tert-OH is 4. The summed E-state index contributed by atoms with van der Waals surface area (Å²) in [6, 6.07) is 8.04. The number of amides is 1. The first-order valence-electron chi connectivity index (χ1n) is 9.70. The SMILES string of the molecule is NC(=O)C1(C2=CCc3c(ccc4c5c(ccc34)=CC=C5)=C2)OC(O)C(O)C(O)C1O. The fourth-order valence-corrected chi connectivity index (χ4v) is 4.68. The predicted octanol–water partition coefficient (Wildman–Crippen LogP) is -1.43. The zero-order valence-electron chi connectivity index (χ0n) is 15.9. The maximum Gasteiger partial charge on any atom is 0.257 e. The number of hydrogen-bond donors (Lipinski definition) is 5. The second kappa shape index (κ2) is 6.60. The first kappa shape index (κ1) is 19.2. The van der Waals surface area contributed by atoms with Crippen molar-refractivity contribution < 1.29 is 30.0 Å². The summed E-state index contributed by atoms with van der Waals surface area (Å²) in [7, 11) is 0. The fourth-order valence-electron chi connectivity index (χ4n) is 4.68. The van der Waals surface area contributed by atoms with E-state index in [0.717, 1.165) is 32.3 Å². The topological polar surface area (TPSA) is 133 Å². The van der Waals surface area contributed by atoms with E-state index in [1.807, 2.05) is 18.2 Å². The maximum atomic E-state index is 12.4. The van der Waals surface area contributed by atoms with Gasteiger partial charge in [-0.25, -0.2) is 0 Å². The number of aliphatic hydroxyl groups is 4. The molecule has 5 atom stereocenters. The molecule has 0 spiro atoms. The summed E-state index contributed by atoms with van der Waals surface area (Å²) in [5, 5.41) is 44.7. The zero-order chi connectivity index (χ0) is 21.2. The first-order valence-corrected chi connectivity index (χ1v) is 9.70. The van der Waals surface area contributed by atoms with Crippen molar-refractivity contribution in [2.24, 2.45) is 5.73 Å². The third kappa shape index (κ3) is 2.47. The van der Waals surface area contributed by atoms with Gasteiger partial charge in [0.2, 0.25) is 5.60 Å². The molecule has 0 saturated carbocycles. The van der Waals surface area contributed by atoms with Gasteiger partial charge in [-0.1, -0.05) is 48.6 Å². The van der Waals surface area contributed by atoms with Crippen molar-refractivity contribution in [3.05, 3.63) is 63.6 Å². The summed E-state index contributed by atoms with van der Waals surface area (Å²) >= 11 is 0. The van der Waals surface area contributed by atoms with E-state index in [1.165, 1.54) is 0 Å². The molecule has 5 unspecified atom stereocenters. The number of ether oxygens (including phenoxy) is 1. The van der Waals surface area contributed by atoms with Crippen LogP contribution in [0.3, 0.4) is 0 Å². The van der Waals surface area contributed by atoms with Crippen LogP contribution in [0.25, 0.3) is 29.0 Å². The zero-order valence-corrected chi connectivity index (χ0v) is 15.9. The molecule has 1 amide bonds. The number of allylic oxidation sites excluding steroid dienone is 2. The lowest BCUT2D eigenvalue weighted by molar-refractivity contribution is -0.298. The molecule has 2 aromatic carbocycles. The van der Waals surface area contributed by atoms with Gasteiger partial charge in [0.25, 0.3) is 5.91 Å². The molecule has 3 aliphatic rings. The van der Waals surface area contributed by atoms with Gasteiger partial charge in [0.15, 0.2) is 6.29 Å². The maximum absolute atomic E-state index is 12.4. The summed E-state index contributed by atoms with van der Waals surface area (Å²) < 4.78 is 5.34. The minimum absolute atomic E-state index is 0.230. The van der Waals surface area contributed by atoms with Gasteiger partial charge in [-0.15, -0.1) is 0 Å². The Kier molecular flexibility index (Phi) is 4.22. The highest BCUT2D eigenvalue weighted by Crippen LogP contribution is 2.37. The summed E-state index contributed by atoms with van der Waals surface area (Å²) in [6.07, 6.45) is 2.64. The lowest BCUT2D eigenvalue weighted by Gasteiger charge is -2.46. The molecular weight excluding hydrogens is 386 g/mol. The fraction of sp³-hybridized carbons (Fsp3) is 0.261. The Morgan fingerprint density at radius 1 is 1.03 bits per heavy atom. The number of primary amides is 1. The molecule has 6 N–H and O–H groups in total. The van der Waals surface area contributed by atoms with Crippen molar-refractivity contribution >= 4 is 34.9 Å². The van der Waals surface area contributed by atoms with Gasteiger partial charge in [0.1, 0.15) is 18.3 Å². The Balaban J connectivity index is 1.67. The van der Waals surface area contributed by atoms with Crippen LogP contribution in [-0.2, 0) is 16.0 Å². The smallest absolute Gasteiger partial charge is 0.257 e. The lowest BCUT2D eigenvalue weighted by atomic mass is 9.77. The van der Waals surface area contributed by atoms with Gasteiger partial charge in [0, 0.05) is 0 Å². The molecule has 154 valence electrons. The van der Waals surface area contributed by atoms with Gasteiger partial charge in [-0.05, 0) is 50.4 Å². The van der Waals surface area contributed by atoms with Crippen LogP contribution < -0.4 is 16.2 Å². The van der Waals surface area contributed by atoms with Crippen molar-refractivity contribution in [1.82, 2.24) is 0 Å². The third-order valence-corrected chi connectivity index (χ3v) is 6.28. The highest BCUT2D eigenvalue weighted by atomic mass is 16.6. The van der Waals surface area contributed by atoms with Crippen LogP contribution in [0.2, 0.25) is 0 Å². The predicted molar refractivity (Wildman–Crippen MR) is 110 cm³/mol. The standard InChI is InChI=1S/C23H21NO6/c24-22(29)23(20(27)18(25)19(26)21(28)30-23)13-6-9-15-12(10-13)5-8-16-14-3-1-2-11(14)4-7-17(15)16/h1-8,10,18-21,25-28H,9H2,(H2,24,29). The summed E-state index contributed by atoms with van der Waals surface area (Å²) in [5.41, 5.74) is 5.82. The van der Waals surface area contributed by atoms with Crippen molar-refractivity contribution in [2.45, 2.75) is 36.6 Å². The molecular formula is C23H21NO6. The van der Waals surface area contributed by atoms with Crippen LogP contribution in [0, 0.1) is 0 Å². The number of carbonyl (C=O) groups excluding carboxylic acids is 1.